The highest BCUT2D eigenvalue weighted by molar-refractivity contribution is 7.05. The number of rotatable bonds is 12. The summed E-state index contributed by atoms with van der Waals surface area (Å²) in [5, 5.41) is 3.00. The zero-order valence-corrected chi connectivity index (χ0v) is 17.8. The van der Waals surface area contributed by atoms with Gasteiger partial charge in [0.25, 0.3) is 0 Å². The maximum absolute atomic E-state index is 2.55. The van der Waals surface area contributed by atoms with Gasteiger partial charge in [0.05, 0.1) is 0 Å². The molecular weight excluding hydrogens is 328 g/mol. The van der Waals surface area contributed by atoms with Gasteiger partial charge in [-0.2, -0.15) is 0 Å². The van der Waals surface area contributed by atoms with Crippen LogP contribution in [0.4, 0.5) is 0 Å². The maximum Gasteiger partial charge on any atom is 0.137 e. The average Bonchev–Trinajstić information content (AvgIpc) is 2.70. The Labute approximate surface area is 162 Å². The third-order valence-corrected chi connectivity index (χ3v) is 9.39. The Bertz CT molecular complexity index is 576. The fraction of sp³-hybridized carbons (Fsp3) is 0.440. The lowest BCUT2D eigenvalue weighted by Crippen LogP contribution is -2.54. The molecule has 26 heavy (non-hydrogen) atoms. The number of hydrogen-bond acceptors (Lipinski definition) is 0. The van der Waals surface area contributed by atoms with Crippen molar-refractivity contribution in [2.45, 2.75) is 71.3 Å². The largest absolute Gasteiger partial charge is 0.137 e. The highest BCUT2D eigenvalue weighted by Gasteiger charge is 2.28. The monoisotopic (exact) mass is 364 g/mol. The molecular formula is C25H36Si. The first-order valence-corrected chi connectivity index (χ1v) is 13.1. The number of unbranched alkanes of at least 4 members (excludes halogenated alkanes) is 8. The maximum atomic E-state index is 2.55. The number of hydrogen-bond donors (Lipinski definition) is 0. The molecule has 0 spiro atoms. The Morgan fingerprint density at radius 3 is 1.62 bits per heavy atom. The summed E-state index contributed by atoms with van der Waals surface area (Å²) >= 11 is 0. The molecule has 2 aromatic carbocycles. The van der Waals surface area contributed by atoms with Gasteiger partial charge in [0.15, 0.2) is 0 Å². The second-order valence-corrected chi connectivity index (χ2v) is 11.5. The summed E-state index contributed by atoms with van der Waals surface area (Å²) in [6.45, 7) is 4.76. The summed E-state index contributed by atoms with van der Waals surface area (Å²) < 4.78 is 0. The first kappa shape index (κ1) is 20.7. The highest BCUT2D eigenvalue weighted by Crippen LogP contribution is 2.12. The van der Waals surface area contributed by atoms with Crippen LogP contribution < -0.4 is 10.4 Å². The Hall–Kier alpha value is -1.60. The normalized spacial score (nSPS) is 11.9. The molecule has 0 unspecified atom stereocenters. The van der Waals surface area contributed by atoms with Crippen molar-refractivity contribution in [3.05, 3.63) is 72.4 Å². The molecule has 1 heteroatoms. The molecule has 0 bridgehead atoms. The quantitative estimate of drug-likeness (QED) is 0.297. The van der Waals surface area contributed by atoms with Crippen molar-refractivity contribution in [2.75, 3.05) is 0 Å². The summed E-state index contributed by atoms with van der Waals surface area (Å²) in [4.78, 5) is 0. The fourth-order valence-corrected chi connectivity index (χ4v) is 6.77. The van der Waals surface area contributed by atoms with Gasteiger partial charge in [-0.25, -0.2) is 0 Å². The van der Waals surface area contributed by atoms with E-state index in [2.05, 4.69) is 85.9 Å². The predicted octanol–water partition coefficient (Wildman–Crippen LogP) is 6.51. The van der Waals surface area contributed by atoms with Crippen molar-refractivity contribution < 1.29 is 0 Å². The van der Waals surface area contributed by atoms with Gasteiger partial charge in [0, 0.05) is 0 Å². The average molecular weight is 365 g/mol. The molecule has 2 aromatic rings. The molecule has 0 amide bonds. The van der Waals surface area contributed by atoms with Crippen molar-refractivity contribution in [2.24, 2.45) is 0 Å². The van der Waals surface area contributed by atoms with Crippen LogP contribution in [0, 0.1) is 0 Å². The zero-order valence-electron chi connectivity index (χ0n) is 16.8. The summed E-state index contributed by atoms with van der Waals surface area (Å²) in [7, 11) is -1.77. The summed E-state index contributed by atoms with van der Waals surface area (Å²) in [5.74, 6) is 0. The van der Waals surface area contributed by atoms with E-state index in [1.54, 1.807) is 0 Å². The molecule has 0 nitrogen and oxygen atoms in total. The van der Waals surface area contributed by atoms with Crippen LogP contribution in [0.15, 0.2) is 72.4 Å². The van der Waals surface area contributed by atoms with E-state index in [0.717, 1.165) is 0 Å². The SMILES string of the molecule is CCCCCCCCCC/C=C\[Si](C)(c1ccccc1)c1ccccc1. The van der Waals surface area contributed by atoms with Gasteiger partial charge in [0.1, 0.15) is 8.07 Å². The summed E-state index contributed by atoms with van der Waals surface area (Å²) in [6, 6.07) is 22.2. The molecule has 0 aliphatic heterocycles. The smallest absolute Gasteiger partial charge is 0.0917 e. The van der Waals surface area contributed by atoms with Crippen LogP contribution in [-0.2, 0) is 0 Å². The molecule has 0 saturated carbocycles. The third-order valence-electron chi connectivity index (χ3n) is 5.42. The minimum atomic E-state index is -1.77. The summed E-state index contributed by atoms with van der Waals surface area (Å²) in [6.07, 6.45) is 14.8. The minimum absolute atomic E-state index is 1.22. The van der Waals surface area contributed by atoms with Crippen molar-refractivity contribution in [3.8, 4) is 0 Å². The Kier molecular flexibility index (Phi) is 9.48. The first-order chi connectivity index (χ1) is 12.8. The van der Waals surface area contributed by atoms with Gasteiger partial charge < -0.3 is 0 Å². The molecule has 0 aliphatic carbocycles. The number of benzene rings is 2. The molecule has 0 saturated heterocycles. The lowest BCUT2D eigenvalue weighted by Gasteiger charge is -2.25. The van der Waals surface area contributed by atoms with Crippen molar-refractivity contribution >= 4 is 18.4 Å². The molecule has 0 aromatic heterocycles. The van der Waals surface area contributed by atoms with E-state index in [4.69, 9.17) is 0 Å². The molecule has 0 radical (unpaired) electrons. The fourth-order valence-electron chi connectivity index (χ4n) is 3.64. The minimum Gasteiger partial charge on any atom is -0.0917 e. The van der Waals surface area contributed by atoms with E-state index < -0.39 is 8.07 Å². The third kappa shape index (κ3) is 6.61. The van der Waals surface area contributed by atoms with Crippen LogP contribution in [0.2, 0.25) is 6.55 Å². The van der Waals surface area contributed by atoms with Crippen LogP contribution in [0.3, 0.4) is 0 Å². The van der Waals surface area contributed by atoms with E-state index in [1.807, 2.05) is 0 Å². The predicted molar refractivity (Wildman–Crippen MR) is 120 cm³/mol. The lowest BCUT2D eigenvalue weighted by atomic mass is 10.1. The summed E-state index contributed by atoms with van der Waals surface area (Å²) in [5.41, 5.74) is 2.55. The lowest BCUT2D eigenvalue weighted by molar-refractivity contribution is 0.577. The molecule has 0 atom stereocenters. The Balaban J connectivity index is 1.87. The zero-order chi connectivity index (χ0) is 18.5. The van der Waals surface area contributed by atoms with E-state index >= 15 is 0 Å². The van der Waals surface area contributed by atoms with E-state index in [-0.39, 0.29) is 0 Å². The highest BCUT2D eigenvalue weighted by atomic mass is 28.3. The molecule has 140 valence electrons. The van der Waals surface area contributed by atoms with Crippen LogP contribution in [-0.4, -0.2) is 8.07 Å². The van der Waals surface area contributed by atoms with Crippen molar-refractivity contribution in [1.82, 2.24) is 0 Å². The molecule has 0 fully saturated rings. The van der Waals surface area contributed by atoms with Gasteiger partial charge in [-0.15, -0.1) is 0 Å². The van der Waals surface area contributed by atoms with Crippen molar-refractivity contribution in [3.63, 3.8) is 0 Å². The Morgan fingerprint density at radius 2 is 1.12 bits per heavy atom. The second-order valence-electron chi connectivity index (χ2n) is 7.60. The van der Waals surface area contributed by atoms with Crippen LogP contribution in [0.25, 0.3) is 0 Å². The van der Waals surface area contributed by atoms with Gasteiger partial charge in [0.2, 0.25) is 0 Å². The van der Waals surface area contributed by atoms with Gasteiger partial charge >= 0.3 is 0 Å². The standard InChI is InChI=1S/C25H36Si/c1-3-4-5-6-7-8-9-10-11-18-23-26(2,24-19-14-12-15-20-24)25-21-16-13-17-22-25/h12-23H,3-11H2,1-2H3/b23-18-. The number of allylic oxidation sites excluding steroid dienone is 1. The van der Waals surface area contributed by atoms with E-state index in [1.165, 1.54) is 68.2 Å². The van der Waals surface area contributed by atoms with Gasteiger partial charge in [-0.1, -0.05) is 141 Å². The van der Waals surface area contributed by atoms with Crippen LogP contribution >= 0.6 is 0 Å². The van der Waals surface area contributed by atoms with E-state index in [9.17, 15) is 0 Å². The molecule has 0 N–H and O–H groups in total. The van der Waals surface area contributed by atoms with Crippen molar-refractivity contribution in [1.29, 1.82) is 0 Å². The molecule has 0 heterocycles. The van der Waals surface area contributed by atoms with E-state index in [0.29, 0.717) is 0 Å². The first-order valence-electron chi connectivity index (χ1n) is 10.6. The Morgan fingerprint density at radius 1 is 0.654 bits per heavy atom. The molecule has 0 aliphatic rings. The van der Waals surface area contributed by atoms with Gasteiger partial charge in [-0.05, 0) is 12.8 Å². The van der Waals surface area contributed by atoms with Gasteiger partial charge in [-0.3, -0.25) is 0 Å². The van der Waals surface area contributed by atoms with Crippen LogP contribution in [0.1, 0.15) is 64.7 Å². The topological polar surface area (TPSA) is 0 Å². The van der Waals surface area contributed by atoms with Crippen LogP contribution in [0.5, 0.6) is 0 Å². The second kappa shape index (κ2) is 11.9. The molecule has 2 rings (SSSR count).